The molecule has 106 valence electrons. The van der Waals surface area contributed by atoms with Crippen molar-refractivity contribution in [1.82, 2.24) is 4.90 Å². The first-order valence-electron chi connectivity index (χ1n) is 8.20. The van der Waals surface area contributed by atoms with E-state index >= 15 is 0 Å². The van der Waals surface area contributed by atoms with Gasteiger partial charge in [0.25, 0.3) is 0 Å². The van der Waals surface area contributed by atoms with Gasteiger partial charge in [0.05, 0.1) is 0 Å². The van der Waals surface area contributed by atoms with E-state index in [1.807, 2.05) is 0 Å². The van der Waals surface area contributed by atoms with Crippen LogP contribution in [0.15, 0.2) is 0 Å². The SMILES string of the molecule is CCC1CCCC(N2CCC(C(C)N)CC2)CC1. The van der Waals surface area contributed by atoms with Crippen molar-refractivity contribution in [2.75, 3.05) is 13.1 Å². The number of piperidine rings is 1. The van der Waals surface area contributed by atoms with Gasteiger partial charge in [0.2, 0.25) is 0 Å². The summed E-state index contributed by atoms with van der Waals surface area (Å²) in [6.07, 6.45) is 11.3. The molecule has 0 radical (unpaired) electrons. The molecule has 2 fully saturated rings. The lowest BCUT2D eigenvalue weighted by Crippen LogP contribution is -2.44. The van der Waals surface area contributed by atoms with Crippen LogP contribution in [0.3, 0.4) is 0 Å². The highest BCUT2D eigenvalue weighted by atomic mass is 15.2. The third-order valence-corrected chi connectivity index (χ3v) is 5.47. The molecule has 0 aromatic heterocycles. The average molecular weight is 252 g/mol. The highest BCUT2D eigenvalue weighted by Crippen LogP contribution is 2.30. The minimum absolute atomic E-state index is 0.394. The maximum atomic E-state index is 6.03. The standard InChI is InChI=1S/C16H32N2/c1-3-14-5-4-6-16(8-7-14)18-11-9-15(10-12-18)13(2)17/h13-16H,3-12,17H2,1-2H3. The quantitative estimate of drug-likeness (QED) is 0.780. The predicted molar refractivity (Wildman–Crippen MR) is 78.6 cm³/mol. The van der Waals surface area contributed by atoms with E-state index in [0.717, 1.165) is 17.9 Å². The maximum absolute atomic E-state index is 6.03. The van der Waals surface area contributed by atoms with Crippen LogP contribution in [0.4, 0.5) is 0 Å². The molecule has 3 atom stereocenters. The molecular weight excluding hydrogens is 220 g/mol. The largest absolute Gasteiger partial charge is 0.328 e. The van der Waals surface area contributed by atoms with Crippen molar-refractivity contribution in [2.24, 2.45) is 17.6 Å². The topological polar surface area (TPSA) is 29.3 Å². The molecule has 0 aromatic carbocycles. The Labute approximate surface area is 113 Å². The van der Waals surface area contributed by atoms with E-state index in [0.29, 0.717) is 6.04 Å². The van der Waals surface area contributed by atoms with Gasteiger partial charge < -0.3 is 10.6 Å². The third-order valence-electron chi connectivity index (χ3n) is 5.47. The Morgan fingerprint density at radius 3 is 2.39 bits per heavy atom. The third kappa shape index (κ3) is 3.71. The lowest BCUT2D eigenvalue weighted by atomic mass is 9.89. The van der Waals surface area contributed by atoms with Gasteiger partial charge in [-0.3, -0.25) is 0 Å². The summed E-state index contributed by atoms with van der Waals surface area (Å²) in [6, 6.07) is 1.28. The Morgan fingerprint density at radius 2 is 1.78 bits per heavy atom. The van der Waals surface area contributed by atoms with Crippen molar-refractivity contribution in [3.63, 3.8) is 0 Å². The molecule has 2 N–H and O–H groups in total. The molecule has 3 unspecified atom stereocenters. The summed E-state index contributed by atoms with van der Waals surface area (Å²) in [6.45, 7) is 7.14. The van der Waals surface area contributed by atoms with Gasteiger partial charge in [-0.15, -0.1) is 0 Å². The zero-order valence-corrected chi connectivity index (χ0v) is 12.4. The molecule has 1 aliphatic carbocycles. The molecule has 1 heterocycles. The zero-order chi connectivity index (χ0) is 13.0. The molecule has 0 spiro atoms. The number of nitrogens with zero attached hydrogens (tertiary/aromatic N) is 1. The molecule has 2 heteroatoms. The summed E-state index contributed by atoms with van der Waals surface area (Å²) < 4.78 is 0. The second-order valence-electron chi connectivity index (χ2n) is 6.67. The number of nitrogens with two attached hydrogens (primary N) is 1. The fraction of sp³-hybridized carbons (Fsp3) is 1.00. The Morgan fingerprint density at radius 1 is 1.06 bits per heavy atom. The Bertz CT molecular complexity index is 231. The van der Waals surface area contributed by atoms with Gasteiger partial charge >= 0.3 is 0 Å². The Balaban J connectivity index is 1.79. The monoisotopic (exact) mass is 252 g/mol. The summed E-state index contributed by atoms with van der Waals surface area (Å²) in [5, 5.41) is 0. The molecule has 0 amide bonds. The van der Waals surface area contributed by atoms with Crippen LogP contribution in [0.1, 0.15) is 65.2 Å². The molecule has 18 heavy (non-hydrogen) atoms. The molecule has 0 bridgehead atoms. The van der Waals surface area contributed by atoms with Crippen molar-refractivity contribution in [2.45, 2.75) is 77.3 Å². The first kappa shape index (κ1) is 14.3. The first-order chi connectivity index (χ1) is 8.70. The lowest BCUT2D eigenvalue weighted by molar-refractivity contribution is 0.114. The van der Waals surface area contributed by atoms with Crippen LogP contribution in [-0.2, 0) is 0 Å². The second-order valence-corrected chi connectivity index (χ2v) is 6.67. The molecule has 2 nitrogen and oxygen atoms in total. The summed E-state index contributed by atoms with van der Waals surface area (Å²) in [4.78, 5) is 2.77. The van der Waals surface area contributed by atoms with Gasteiger partial charge in [-0.05, 0) is 64.0 Å². The van der Waals surface area contributed by atoms with E-state index in [4.69, 9.17) is 5.73 Å². The summed E-state index contributed by atoms with van der Waals surface area (Å²) in [5.41, 5.74) is 6.03. The van der Waals surface area contributed by atoms with Crippen LogP contribution < -0.4 is 5.73 Å². The van der Waals surface area contributed by atoms with Crippen LogP contribution >= 0.6 is 0 Å². The Hall–Kier alpha value is -0.0800. The fourth-order valence-electron chi connectivity index (χ4n) is 3.94. The molecule has 1 saturated carbocycles. The van der Waals surface area contributed by atoms with Crippen molar-refractivity contribution in [3.8, 4) is 0 Å². The van der Waals surface area contributed by atoms with Crippen LogP contribution in [0.5, 0.6) is 0 Å². The van der Waals surface area contributed by atoms with Crippen molar-refractivity contribution < 1.29 is 0 Å². The van der Waals surface area contributed by atoms with Crippen LogP contribution in [0, 0.1) is 11.8 Å². The lowest BCUT2D eigenvalue weighted by Gasteiger charge is -2.38. The number of rotatable bonds is 3. The number of hydrogen-bond donors (Lipinski definition) is 1. The summed E-state index contributed by atoms with van der Waals surface area (Å²) in [5.74, 6) is 1.78. The molecule has 0 aromatic rings. The maximum Gasteiger partial charge on any atom is 0.00953 e. The van der Waals surface area contributed by atoms with Crippen molar-refractivity contribution >= 4 is 0 Å². The summed E-state index contributed by atoms with van der Waals surface area (Å²) >= 11 is 0. The van der Waals surface area contributed by atoms with Gasteiger partial charge in [-0.2, -0.15) is 0 Å². The molecule has 2 aliphatic rings. The molecule has 1 saturated heterocycles. The minimum Gasteiger partial charge on any atom is -0.328 e. The van der Waals surface area contributed by atoms with Gasteiger partial charge in [0, 0.05) is 12.1 Å². The van der Waals surface area contributed by atoms with Crippen molar-refractivity contribution in [3.05, 3.63) is 0 Å². The van der Waals surface area contributed by atoms with Crippen LogP contribution in [0.25, 0.3) is 0 Å². The first-order valence-corrected chi connectivity index (χ1v) is 8.20. The summed E-state index contributed by atoms with van der Waals surface area (Å²) in [7, 11) is 0. The predicted octanol–water partition coefficient (Wildman–Crippen LogP) is 3.40. The Kier molecular flexibility index (Phi) is 5.50. The highest BCUT2D eigenvalue weighted by Gasteiger charge is 2.28. The van der Waals surface area contributed by atoms with E-state index < -0.39 is 0 Å². The van der Waals surface area contributed by atoms with E-state index in [2.05, 4.69) is 18.7 Å². The second kappa shape index (κ2) is 6.91. The van der Waals surface area contributed by atoms with Gasteiger partial charge in [0.1, 0.15) is 0 Å². The van der Waals surface area contributed by atoms with Crippen molar-refractivity contribution in [1.29, 1.82) is 0 Å². The number of likely N-dealkylation sites (tertiary alicyclic amines) is 1. The van der Waals surface area contributed by atoms with E-state index in [9.17, 15) is 0 Å². The van der Waals surface area contributed by atoms with E-state index in [-0.39, 0.29) is 0 Å². The average Bonchev–Trinajstić information content (AvgIpc) is 2.64. The van der Waals surface area contributed by atoms with E-state index in [1.165, 1.54) is 64.5 Å². The number of hydrogen-bond acceptors (Lipinski definition) is 2. The molecule has 1 aliphatic heterocycles. The zero-order valence-electron chi connectivity index (χ0n) is 12.4. The van der Waals surface area contributed by atoms with Gasteiger partial charge in [0.15, 0.2) is 0 Å². The van der Waals surface area contributed by atoms with Crippen LogP contribution in [-0.4, -0.2) is 30.1 Å². The van der Waals surface area contributed by atoms with Gasteiger partial charge in [-0.25, -0.2) is 0 Å². The van der Waals surface area contributed by atoms with Gasteiger partial charge in [-0.1, -0.05) is 26.2 Å². The highest BCUT2D eigenvalue weighted by molar-refractivity contribution is 4.83. The normalized spacial score (nSPS) is 34.2. The molecular formula is C16H32N2. The minimum atomic E-state index is 0.394. The van der Waals surface area contributed by atoms with Crippen LogP contribution in [0.2, 0.25) is 0 Å². The molecule has 2 rings (SSSR count). The fourth-order valence-corrected chi connectivity index (χ4v) is 3.94. The van der Waals surface area contributed by atoms with E-state index in [1.54, 1.807) is 0 Å². The smallest absolute Gasteiger partial charge is 0.00953 e.